The molecule has 15 heavy (non-hydrogen) atoms. The first-order valence-electron chi connectivity index (χ1n) is 5.15. The van der Waals surface area contributed by atoms with Crippen molar-refractivity contribution in [3.8, 4) is 0 Å². The van der Waals surface area contributed by atoms with E-state index in [1.807, 2.05) is 32.9 Å². The summed E-state index contributed by atoms with van der Waals surface area (Å²) in [6.07, 6.45) is 1.63. The lowest BCUT2D eigenvalue weighted by atomic mass is 10.2. The predicted octanol–water partition coefficient (Wildman–Crippen LogP) is 1.45. The van der Waals surface area contributed by atoms with Gasteiger partial charge in [-0.15, -0.1) is 0 Å². The summed E-state index contributed by atoms with van der Waals surface area (Å²) in [6.45, 7) is 6.14. The highest BCUT2D eigenvalue weighted by molar-refractivity contribution is 5.78. The lowest BCUT2D eigenvalue weighted by Crippen LogP contribution is -2.38. The van der Waals surface area contributed by atoms with Crippen molar-refractivity contribution in [3.63, 3.8) is 0 Å². The molecule has 1 rings (SSSR count). The fourth-order valence-electron chi connectivity index (χ4n) is 1.26. The standard InChI is InChI=1S/C11H18N2O2/c1-8(2)13-11(14)7-12-9(3)10-5-4-6-15-10/h4-6,8-9,12H,7H2,1-3H3,(H,13,14). The zero-order valence-corrected chi connectivity index (χ0v) is 9.41. The number of amides is 1. The van der Waals surface area contributed by atoms with Crippen LogP contribution >= 0.6 is 0 Å². The quantitative estimate of drug-likeness (QED) is 0.773. The number of carbonyl (C=O) groups excluding carboxylic acids is 1. The Hall–Kier alpha value is -1.29. The molecule has 4 heteroatoms. The van der Waals surface area contributed by atoms with Gasteiger partial charge < -0.3 is 9.73 Å². The zero-order valence-electron chi connectivity index (χ0n) is 9.41. The molecule has 0 fully saturated rings. The maximum absolute atomic E-state index is 11.3. The summed E-state index contributed by atoms with van der Waals surface area (Å²) in [6, 6.07) is 3.95. The Morgan fingerprint density at radius 2 is 2.20 bits per heavy atom. The average Bonchev–Trinajstić information content (AvgIpc) is 2.65. The molecule has 84 valence electrons. The van der Waals surface area contributed by atoms with Gasteiger partial charge in [-0.05, 0) is 32.9 Å². The second-order valence-corrected chi connectivity index (χ2v) is 3.84. The number of furan rings is 1. The highest BCUT2D eigenvalue weighted by Gasteiger charge is 2.09. The summed E-state index contributed by atoms with van der Waals surface area (Å²) < 4.78 is 5.21. The molecule has 0 spiro atoms. The first-order chi connectivity index (χ1) is 7.09. The monoisotopic (exact) mass is 210 g/mol. The van der Waals surface area contributed by atoms with E-state index < -0.39 is 0 Å². The van der Waals surface area contributed by atoms with E-state index >= 15 is 0 Å². The predicted molar refractivity (Wildman–Crippen MR) is 58.4 cm³/mol. The SMILES string of the molecule is CC(C)NC(=O)CNC(C)c1ccco1. The van der Waals surface area contributed by atoms with Crippen molar-refractivity contribution < 1.29 is 9.21 Å². The van der Waals surface area contributed by atoms with Gasteiger partial charge in [-0.3, -0.25) is 10.1 Å². The Labute approximate surface area is 90.0 Å². The van der Waals surface area contributed by atoms with Crippen LogP contribution in [0.1, 0.15) is 32.6 Å². The minimum Gasteiger partial charge on any atom is -0.468 e. The van der Waals surface area contributed by atoms with Crippen molar-refractivity contribution in [2.45, 2.75) is 32.9 Å². The van der Waals surface area contributed by atoms with E-state index in [0.29, 0.717) is 6.54 Å². The third-order valence-electron chi connectivity index (χ3n) is 1.99. The van der Waals surface area contributed by atoms with Crippen LogP contribution in [0.15, 0.2) is 22.8 Å². The van der Waals surface area contributed by atoms with E-state index in [0.717, 1.165) is 5.76 Å². The van der Waals surface area contributed by atoms with Gasteiger partial charge >= 0.3 is 0 Å². The second-order valence-electron chi connectivity index (χ2n) is 3.84. The molecule has 1 aromatic rings. The molecule has 0 radical (unpaired) electrons. The molecule has 0 aliphatic heterocycles. The Morgan fingerprint density at radius 1 is 1.47 bits per heavy atom. The van der Waals surface area contributed by atoms with Crippen LogP contribution in [0.25, 0.3) is 0 Å². The van der Waals surface area contributed by atoms with Crippen LogP contribution in [0, 0.1) is 0 Å². The molecule has 1 amide bonds. The van der Waals surface area contributed by atoms with E-state index in [-0.39, 0.29) is 18.0 Å². The molecule has 4 nitrogen and oxygen atoms in total. The van der Waals surface area contributed by atoms with Gasteiger partial charge in [0.05, 0.1) is 18.8 Å². The number of nitrogens with one attached hydrogen (secondary N) is 2. The minimum atomic E-state index is 0.00315. The highest BCUT2D eigenvalue weighted by Crippen LogP contribution is 2.11. The number of hydrogen-bond acceptors (Lipinski definition) is 3. The molecule has 0 aromatic carbocycles. The van der Waals surface area contributed by atoms with Crippen molar-refractivity contribution in [1.82, 2.24) is 10.6 Å². The van der Waals surface area contributed by atoms with Crippen molar-refractivity contribution in [2.24, 2.45) is 0 Å². The van der Waals surface area contributed by atoms with Crippen LogP contribution in [0.4, 0.5) is 0 Å². The molecule has 0 saturated heterocycles. The summed E-state index contributed by atoms with van der Waals surface area (Å²) in [5.74, 6) is 0.843. The molecule has 1 heterocycles. The van der Waals surface area contributed by atoms with Gasteiger partial charge in [0.2, 0.25) is 5.91 Å². The summed E-state index contributed by atoms with van der Waals surface area (Å²) in [7, 11) is 0. The Bertz CT molecular complexity index is 294. The fourth-order valence-corrected chi connectivity index (χ4v) is 1.26. The third-order valence-corrected chi connectivity index (χ3v) is 1.99. The number of hydrogen-bond donors (Lipinski definition) is 2. The van der Waals surface area contributed by atoms with Crippen molar-refractivity contribution in [3.05, 3.63) is 24.2 Å². The molecule has 1 unspecified atom stereocenters. The molecule has 2 N–H and O–H groups in total. The summed E-state index contributed by atoms with van der Waals surface area (Å²) in [5, 5.41) is 5.90. The molecule has 0 aliphatic rings. The van der Waals surface area contributed by atoms with Crippen LogP contribution in [0.3, 0.4) is 0 Å². The molecule has 0 aliphatic carbocycles. The largest absolute Gasteiger partial charge is 0.468 e. The molecule has 1 aromatic heterocycles. The van der Waals surface area contributed by atoms with Crippen LogP contribution in [0.2, 0.25) is 0 Å². The first kappa shape index (κ1) is 11.8. The number of rotatable bonds is 5. The molecule has 1 atom stereocenters. The van der Waals surface area contributed by atoms with Gasteiger partial charge in [-0.2, -0.15) is 0 Å². The van der Waals surface area contributed by atoms with Crippen molar-refractivity contribution >= 4 is 5.91 Å². The highest BCUT2D eigenvalue weighted by atomic mass is 16.3. The van der Waals surface area contributed by atoms with Crippen LogP contribution in [-0.2, 0) is 4.79 Å². The lowest BCUT2D eigenvalue weighted by Gasteiger charge is -2.12. The van der Waals surface area contributed by atoms with Gasteiger partial charge in [0, 0.05) is 6.04 Å². The van der Waals surface area contributed by atoms with Crippen molar-refractivity contribution in [2.75, 3.05) is 6.54 Å². The first-order valence-corrected chi connectivity index (χ1v) is 5.15. The van der Waals surface area contributed by atoms with E-state index in [2.05, 4.69) is 10.6 Å². The van der Waals surface area contributed by atoms with E-state index in [9.17, 15) is 4.79 Å². The third kappa shape index (κ3) is 4.16. The summed E-state index contributed by atoms with van der Waals surface area (Å²) >= 11 is 0. The maximum Gasteiger partial charge on any atom is 0.234 e. The van der Waals surface area contributed by atoms with Crippen LogP contribution in [0.5, 0.6) is 0 Å². The molecule has 0 bridgehead atoms. The normalized spacial score (nSPS) is 12.8. The Kier molecular flexibility index (Phi) is 4.37. The van der Waals surface area contributed by atoms with E-state index in [4.69, 9.17) is 4.42 Å². The Morgan fingerprint density at radius 3 is 2.73 bits per heavy atom. The second kappa shape index (κ2) is 5.56. The van der Waals surface area contributed by atoms with E-state index in [1.165, 1.54) is 0 Å². The summed E-state index contributed by atoms with van der Waals surface area (Å²) in [5.41, 5.74) is 0. The molecular formula is C11H18N2O2. The summed E-state index contributed by atoms with van der Waals surface area (Å²) in [4.78, 5) is 11.3. The lowest BCUT2D eigenvalue weighted by molar-refractivity contribution is -0.120. The minimum absolute atomic E-state index is 0.00315. The van der Waals surface area contributed by atoms with Crippen LogP contribution in [-0.4, -0.2) is 18.5 Å². The fraction of sp³-hybridized carbons (Fsp3) is 0.545. The van der Waals surface area contributed by atoms with Gasteiger partial charge in [0.1, 0.15) is 5.76 Å². The zero-order chi connectivity index (χ0) is 11.3. The van der Waals surface area contributed by atoms with E-state index in [1.54, 1.807) is 6.26 Å². The van der Waals surface area contributed by atoms with Crippen LogP contribution < -0.4 is 10.6 Å². The molecular weight excluding hydrogens is 192 g/mol. The van der Waals surface area contributed by atoms with Gasteiger partial charge in [-0.1, -0.05) is 0 Å². The average molecular weight is 210 g/mol. The van der Waals surface area contributed by atoms with Gasteiger partial charge in [-0.25, -0.2) is 0 Å². The maximum atomic E-state index is 11.3. The van der Waals surface area contributed by atoms with Crippen molar-refractivity contribution in [1.29, 1.82) is 0 Å². The Balaban J connectivity index is 2.28. The molecule has 0 saturated carbocycles. The number of carbonyl (C=O) groups is 1. The topological polar surface area (TPSA) is 54.3 Å². The van der Waals surface area contributed by atoms with Gasteiger partial charge in [0.25, 0.3) is 0 Å². The smallest absolute Gasteiger partial charge is 0.234 e. The van der Waals surface area contributed by atoms with Gasteiger partial charge in [0.15, 0.2) is 0 Å².